The van der Waals surface area contributed by atoms with Gasteiger partial charge < -0.3 is 5.32 Å². The highest BCUT2D eigenvalue weighted by molar-refractivity contribution is 9.10. The largest absolute Gasteiger partial charge is 0.353 e. The van der Waals surface area contributed by atoms with E-state index in [0.717, 1.165) is 28.6 Å². The topological polar surface area (TPSA) is 59.8 Å². The normalized spacial score (nSPS) is 13.5. The molecule has 0 aliphatic heterocycles. The molecule has 5 nitrogen and oxygen atoms in total. The van der Waals surface area contributed by atoms with E-state index in [1.165, 1.54) is 11.8 Å². The molecule has 0 unspecified atom stereocenters. The quantitative estimate of drug-likeness (QED) is 0.465. The first kappa shape index (κ1) is 19.8. The van der Waals surface area contributed by atoms with Gasteiger partial charge in [0.2, 0.25) is 5.91 Å². The van der Waals surface area contributed by atoms with Crippen molar-refractivity contribution in [1.82, 2.24) is 20.1 Å². The third-order valence-corrected chi connectivity index (χ3v) is 6.54. The molecule has 0 bridgehead atoms. The van der Waals surface area contributed by atoms with Crippen LogP contribution >= 0.6 is 50.9 Å². The van der Waals surface area contributed by atoms with Gasteiger partial charge in [0.05, 0.1) is 21.5 Å². The Morgan fingerprint density at radius 3 is 2.68 bits per heavy atom. The number of hydrogen-bond acceptors (Lipinski definition) is 4. The molecule has 28 heavy (non-hydrogen) atoms. The Balaban J connectivity index is 1.72. The first-order valence-electron chi connectivity index (χ1n) is 8.61. The minimum Gasteiger partial charge on any atom is -0.353 e. The second-order valence-corrected chi connectivity index (χ2v) is 8.96. The van der Waals surface area contributed by atoms with E-state index in [9.17, 15) is 4.79 Å². The van der Waals surface area contributed by atoms with Crippen LogP contribution in [0.15, 0.2) is 52.1 Å². The Labute approximate surface area is 184 Å². The molecule has 0 saturated heterocycles. The lowest BCUT2D eigenvalue weighted by Crippen LogP contribution is -2.27. The van der Waals surface area contributed by atoms with Crippen LogP contribution in [0, 0.1) is 0 Å². The van der Waals surface area contributed by atoms with E-state index in [0.29, 0.717) is 27.1 Å². The van der Waals surface area contributed by atoms with Gasteiger partial charge in [0.25, 0.3) is 0 Å². The van der Waals surface area contributed by atoms with Gasteiger partial charge >= 0.3 is 0 Å². The lowest BCUT2D eigenvalue weighted by molar-refractivity contribution is -0.118. The van der Waals surface area contributed by atoms with Crippen molar-refractivity contribution in [2.45, 2.75) is 24.0 Å². The van der Waals surface area contributed by atoms with Gasteiger partial charge in [-0.05, 0) is 37.1 Å². The molecule has 1 saturated carbocycles. The number of thioether (sulfide) groups is 1. The Morgan fingerprint density at radius 2 is 1.96 bits per heavy atom. The molecule has 1 amide bonds. The molecule has 1 N–H and O–H groups in total. The number of benzene rings is 2. The number of aromatic nitrogens is 3. The molecule has 0 radical (unpaired) electrons. The average Bonchev–Trinajstić information content (AvgIpc) is 3.39. The maximum Gasteiger partial charge on any atom is 0.230 e. The van der Waals surface area contributed by atoms with Gasteiger partial charge in [-0.3, -0.25) is 9.36 Å². The monoisotopic (exact) mass is 496 g/mol. The summed E-state index contributed by atoms with van der Waals surface area (Å²) in [6.07, 6.45) is 2.12. The number of carbonyl (C=O) groups is 1. The fourth-order valence-corrected chi connectivity index (χ4v) is 4.18. The summed E-state index contributed by atoms with van der Waals surface area (Å²) in [7, 11) is 0. The van der Waals surface area contributed by atoms with Crippen LogP contribution in [0.5, 0.6) is 0 Å². The van der Waals surface area contributed by atoms with Crippen molar-refractivity contribution in [3.05, 3.63) is 57.0 Å². The predicted molar refractivity (Wildman–Crippen MR) is 116 cm³/mol. The lowest BCUT2D eigenvalue weighted by Gasteiger charge is -2.12. The molecule has 4 rings (SSSR count). The molecule has 0 atom stereocenters. The molecule has 2 aromatic carbocycles. The fourth-order valence-electron chi connectivity index (χ4n) is 2.66. The zero-order valence-electron chi connectivity index (χ0n) is 14.5. The van der Waals surface area contributed by atoms with Crippen molar-refractivity contribution >= 4 is 56.8 Å². The smallest absolute Gasteiger partial charge is 0.230 e. The third kappa shape index (κ3) is 4.38. The molecule has 9 heteroatoms. The molecule has 0 spiro atoms. The average molecular weight is 498 g/mol. The molecule has 1 aliphatic carbocycles. The standard InChI is InChI=1S/C19H15BrCl2N4OS/c20-14-4-2-1-3-13(14)18-24-25-19(28-10-17(27)23-11-5-6-11)26(18)12-7-8-15(21)16(22)9-12/h1-4,7-9,11H,5-6,10H2,(H,23,27). The van der Waals surface area contributed by atoms with Crippen molar-refractivity contribution in [2.75, 3.05) is 5.75 Å². The van der Waals surface area contributed by atoms with Crippen molar-refractivity contribution in [1.29, 1.82) is 0 Å². The zero-order chi connectivity index (χ0) is 19.7. The molecule has 1 aliphatic rings. The fraction of sp³-hybridized carbons (Fsp3) is 0.211. The number of nitrogens with one attached hydrogen (secondary N) is 1. The van der Waals surface area contributed by atoms with Crippen LogP contribution in [-0.4, -0.2) is 32.5 Å². The third-order valence-electron chi connectivity index (χ3n) is 4.18. The number of nitrogens with zero attached hydrogens (tertiary/aromatic N) is 3. The number of hydrogen-bond donors (Lipinski definition) is 1. The maximum atomic E-state index is 12.1. The minimum atomic E-state index is -0.00127. The lowest BCUT2D eigenvalue weighted by atomic mass is 10.2. The van der Waals surface area contributed by atoms with E-state index < -0.39 is 0 Å². The van der Waals surface area contributed by atoms with E-state index in [-0.39, 0.29) is 11.7 Å². The van der Waals surface area contributed by atoms with Gasteiger partial charge in [0.1, 0.15) is 0 Å². The second kappa shape index (κ2) is 8.45. The molecular weight excluding hydrogens is 483 g/mol. The Kier molecular flexibility index (Phi) is 5.96. The van der Waals surface area contributed by atoms with E-state index in [1.54, 1.807) is 12.1 Å². The van der Waals surface area contributed by atoms with Crippen molar-refractivity contribution in [3.63, 3.8) is 0 Å². The summed E-state index contributed by atoms with van der Waals surface area (Å²) in [5.41, 5.74) is 1.66. The van der Waals surface area contributed by atoms with E-state index in [1.807, 2.05) is 34.9 Å². The number of halogens is 3. The van der Waals surface area contributed by atoms with Crippen LogP contribution in [0.25, 0.3) is 17.1 Å². The molecule has 1 fully saturated rings. The highest BCUT2D eigenvalue weighted by Crippen LogP contribution is 2.34. The highest BCUT2D eigenvalue weighted by Gasteiger charge is 2.24. The van der Waals surface area contributed by atoms with Crippen LogP contribution in [0.1, 0.15) is 12.8 Å². The second-order valence-electron chi connectivity index (χ2n) is 6.35. The SMILES string of the molecule is O=C(CSc1nnc(-c2ccccc2Br)n1-c1ccc(Cl)c(Cl)c1)NC1CC1. The summed E-state index contributed by atoms with van der Waals surface area (Å²) < 4.78 is 2.78. The molecular formula is C19H15BrCl2N4OS. The van der Waals surface area contributed by atoms with Crippen LogP contribution < -0.4 is 5.32 Å². The van der Waals surface area contributed by atoms with E-state index in [4.69, 9.17) is 23.2 Å². The van der Waals surface area contributed by atoms with Crippen LogP contribution in [-0.2, 0) is 4.79 Å². The van der Waals surface area contributed by atoms with Gasteiger partial charge in [-0.1, -0.05) is 69.1 Å². The number of amides is 1. The molecule has 1 aromatic heterocycles. The van der Waals surface area contributed by atoms with Gasteiger partial charge in [0.15, 0.2) is 11.0 Å². The van der Waals surface area contributed by atoms with Gasteiger partial charge in [0, 0.05) is 16.1 Å². The van der Waals surface area contributed by atoms with Crippen LogP contribution in [0.4, 0.5) is 0 Å². The van der Waals surface area contributed by atoms with Gasteiger partial charge in [-0.25, -0.2) is 0 Å². The Morgan fingerprint density at radius 1 is 1.18 bits per heavy atom. The summed E-state index contributed by atoms with van der Waals surface area (Å²) in [4.78, 5) is 12.1. The maximum absolute atomic E-state index is 12.1. The van der Waals surface area contributed by atoms with Gasteiger partial charge in [-0.15, -0.1) is 10.2 Å². The Hall–Kier alpha value is -1.54. The molecule has 3 aromatic rings. The molecule has 1 heterocycles. The summed E-state index contributed by atoms with van der Waals surface area (Å²) in [6.45, 7) is 0. The molecule has 144 valence electrons. The predicted octanol–water partition coefficient (Wildman–Crippen LogP) is 5.37. The van der Waals surface area contributed by atoms with Crippen molar-refractivity contribution < 1.29 is 4.79 Å². The van der Waals surface area contributed by atoms with Crippen molar-refractivity contribution in [3.8, 4) is 17.1 Å². The summed E-state index contributed by atoms with van der Waals surface area (Å²) in [5.74, 6) is 0.918. The first-order chi connectivity index (χ1) is 13.5. The summed E-state index contributed by atoms with van der Waals surface area (Å²) in [6, 6.07) is 13.5. The van der Waals surface area contributed by atoms with Crippen LogP contribution in [0.3, 0.4) is 0 Å². The van der Waals surface area contributed by atoms with E-state index >= 15 is 0 Å². The van der Waals surface area contributed by atoms with Gasteiger partial charge in [-0.2, -0.15) is 0 Å². The number of rotatable bonds is 6. The van der Waals surface area contributed by atoms with E-state index in [2.05, 4.69) is 31.4 Å². The zero-order valence-corrected chi connectivity index (χ0v) is 18.4. The van der Waals surface area contributed by atoms with Crippen molar-refractivity contribution in [2.24, 2.45) is 0 Å². The minimum absolute atomic E-state index is 0.00127. The van der Waals surface area contributed by atoms with Crippen LogP contribution in [0.2, 0.25) is 10.0 Å². The first-order valence-corrected chi connectivity index (χ1v) is 11.1. The summed E-state index contributed by atoms with van der Waals surface area (Å²) in [5, 5.41) is 13.2. The Bertz CT molecular complexity index is 1040. The number of carbonyl (C=O) groups excluding carboxylic acids is 1. The highest BCUT2D eigenvalue weighted by atomic mass is 79.9. The summed E-state index contributed by atoms with van der Waals surface area (Å²) >= 11 is 17.2.